The van der Waals surface area contributed by atoms with Crippen LogP contribution in [0.4, 0.5) is 5.69 Å². The fourth-order valence-corrected chi connectivity index (χ4v) is 2.33. The molecule has 0 radical (unpaired) electrons. The van der Waals surface area contributed by atoms with E-state index in [1.54, 1.807) is 30.1 Å². The Morgan fingerprint density at radius 1 is 1.61 bits per heavy atom. The van der Waals surface area contributed by atoms with Gasteiger partial charge in [-0.1, -0.05) is 23.8 Å². The van der Waals surface area contributed by atoms with Crippen LogP contribution in [0.5, 0.6) is 0 Å². The standard InChI is InChI=1S/C12H14ClN3OS/c1-16-5-4-10(12(16)17)15-9-3-2-7(13)6-8(9)11(14)18/h2-3,6,10,15H,4-5H2,1H3,(H2,14,18). The number of carbonyl (C=O) groups is 1. The number of amides is 1. The van der Waals surface area contributed by atoms with Crippen molar-refractivity contribution < 1.29 is 4.79 Å². The van der Waals surface area contributed by atoms with Gasteiger partial charge in [0.1, 0.15) is 11.0 Å². The number of nitrogens with two attached hydrogens (primary N) is 1. The molecule has 1 unspecified atom stereocenters. The van der Waals surface area contributed by atoms with Crippen molar-refractivity contribution in [2.24, 2.45) is 5.73 Å². The maximum Gasteiger partial charge on any atom is 0.244 e. The van der Waals surface area contributed by atoms with E-state index in [4.69, 9.17) is 29.6 Å². The fourth-order valence-electron chi connectivity index (χ4n) is 1.99. The van der Waals surface area contributed by atoms with Crippen LogP contribution in [0.2, 0.25) is 5.02 Å². The number of halogens is 1. The van der Waals surface area contributed by atoms with Crippen LogP contribution in [-0.2, 0) is 4.79 Å². The van der Waals surface area contributed by atoms with Crippen molar-refractivity contribution in [3.05, 3.63) is 28.8 Å². The number of likely N-dealkylation sites (tertiary alicyclic amines) is 1. The molecule has 0 saturated carbocycles. The molecule has 0 bridgehead atoms. The van der Waals surface area contributed by atoms with E-state index >= 15 is 0 Å². The van der Waals surface area contributed by atoms with E-state index in [1.807, 2.05) is 0 Å². The number of nitrogens with zero attached hydrogens (tertiary/aromatic N) is 1. The van der Waals surface area contributed by atoms with Crippen molar-refractivity contribution in [1.29, 1.82) is 0 Å². The quantitative estimate of drug-likeness (QED) is 0.828. The Kier molecular flexibility index (Phi) is 3.73. The molecule has 1 amide bonds. The Morgan fingerprint density at radius 3 is 2.89 bits per heavy atom. The maximum absolute atomic E-state index is 11.8. The molecule has 0 spiro atoms. The van der Waals surface area contributed by atoms with Gasteiger partial charge in [0.05, 0.1) is 0 Å². The van der Waals surface area contributed by atoms with Crippen molar-refractivity contribution in [2.45, 2.75) is 12.5 Å². The van der Waals surface area contributed by atoms with Gasteiger partial charge in [0, 0.05) is 29.9 Å². The monoisotopic (exact) mass is 283 g/mol. The third kappa shape index (κ3) is 2.57. The lowest BCUT2D eigenvalue weighted by Gasteiger charge is -2.16. The molecule has 1 aromatic carbocycles. The smallest absolute Gasteiger partial charge is 0.244 e. The summed E-state index contributed by atoms with van der Waals surface area (Å²) in [5, 5.41) is 3.75. The number of carbonyl (C=O) groups excluding carboxylic acids is 1. The highest BCUT2D eigenvalue weighted by Gasteiger charge is 2.29. The number of anilines is 1. The number of likely N-dealkylation sites (N-methyl/N-ethyl adjacent to an activating group) is 1. The SMILES string of the molecule is CN1CCC(Nc2ccc(Cl)cc2C(N)=S)C1=O. The molecule has 18 heavy (non-hydrogen) atoms. The van der Waals surface area contributed by atoms with Crippen molar-refractivity contribution in [2.75, 3.05) is 18.9 Å². The minimum atomic E-state index is -0.218. The number of rotatable bonds is 3. The van der Waals surface area contributed by atoms with E-state index in [-0.39, 0.29) is 16.9 Å². The number of benzene rings is 1. The van der Waals surface area contributed by atoms with Crippen LogP contribution in [0.25, 0.3) is 0 Å². The normalized spacial score (nSPS) is 19.1. The average molecular weight is 284 g/mol. The highest BCUT2D eigenvalue weighted by molar-refractivity contribution is 7.80. The molecule has 1 aliphatic rings. The Balaban J connectivity index is 2.24. The predicted molar refractivity (Wildman–Crippen MR) is 77.0 cm³/mol. The summed E-state index contributed by atoms with van der Waals surface area (Å²) in [6, 6.07) is 5.02. The van der Waals surface area contributed by atoms with Crippen LogP contribution >= 0.6 is 23.8 Å². The highest BCUT2D eigenvalue weighted by atomic mass is 35.5. The zero-order valence-electron chi connectivity index (χ0n) is 9.94. The van der Waals surface area contributed by atoms with Crippen molar-refractivity contribution >= 4 is 40.4 Å². The number of hydrogen-bond acceptors (Lipinski definition) is 3. The minimum absolute atomic E-state index is 0.0823. The summed E-state index contributed by atoms with van der Waals surface area (Å²) in [5.74, 6) is 0.0823. The van der Waals surface area contributed by atoms with Gasteiger partial charge in [-0.3, -0.25) is 4.79 Å². The van der Waals surface area contributed by atoms with Crippen LogP contribution < -0.4 is 11.1 Å². The van der Waals surface area contributed by atoms with Gasteiger partial charge in [-0.15, -0.1) is 0 Å². The molecular weight excluding hydrogens is 270 g/mol. The average Bonchev–Trinajstić information content (AvgIpc) is 2.63. The summed E-state index contributed by atoms with van der Waals surface area (Å²) in [4.78, 5) is 13.8. The van der Waals surface area contributed by atoms with Crippen LogP contribution in [0.1, 0.15) is 12.0 Å². The van der Waals surface area contributed by atoms with Gasteiger partial charge < -0.3 is 16.0 Å². The van der Waals surface area contributed by atoms with Gasteiger partial charge in [0.25, 0.3) is 0 Å². The Labute approximate surface area is 116 Å². The summed E-state index contributed by atoms with van der Waals surface area (Å²) in [6.07, 6.45) is 0.773. The number of nitrogens with one attached hydrogen (secondary N) is 1. The molecule has 2 rings (SSSR count). The van der Waals surface area contributed by atoms with Crippen molar-refractivity contribution in [3.8, 4) is 0 Å². The van der Waals surface area contributed by atoms with Crippen LogP contribution in [-0.4, -0.2) is 35.4 Å². The van der Waals surface area contributed by atoms with Gasteiger partial charge in [-0.05, 0) is 24.6 Å². The van der Waals surface area contributed by atoms with Crippen molar-refractivity contribution in [3.63, 3.8) is 0 Å². The first kappa shape index (κ1) is 13.1. The molecule has 0 aromatic heterocycles. The van der Waals surface area contributed by atoms with Gasteiger partial charge in [0.15, 0.2) is 0 Å². The topological polar surface area (TPSA) is 58.4 Å². The summed E-state index contributed by atoms with van der Waals surface area (Å²) < 4.78 is 0. The third-order valence-corrected chi connectivity index (χ3v) is 3.46. The molecular formula is C12H14ClN3OS. The van der Waals surface area contributed by atoms with E-state index in [0.29, 0.717) is 10.6 Å². The van der Waals surface area contributed by atoms with Gasteiger partial charge in [-0.25, -0.2) is 0 Å². The van der Waals surface area contributed by atoms with Gasteiger partial charge in [0.2, 0.25) is 5.91 Å². The van der Waals surface area contributed by atoms with Crippen LogP contribution in [0.15, 0.2) is 18.2 Å². The highest BCUT2D eigenvalue weighted by Crippen LogP contribution is 2.23. The molecule has 1 fully saturated rings. The Bertz CT molecular complexity index is 506. The zero-order chi connectivity index (χ0) is 13.3. The van der Waals surface area contributed by atoms with Crippen LogP contribution in [0.3, 0.4) is 0 Å². The molecule has 96 valence electrons. The van der Waals surface area contributed by atoms with Gasteiger partial charge >= 0.3 is 0 Å². The third-order valence-electron chi connectivity index (χ3n) is 3.00. The van der Waals surface area contributed by atoms with Gasteiger partial charge in [-0.2, -0.15) is 0 Å². The second-order valence-corrected chi connectivity index (χ2v) is 5.18. The van der Waals surface area contributed by atoms with E-state index in [2.05, 4.69) is 5.32 Å². The second kappa shape index (κ2) is 5.12. The first-order chi connectivity index (χ1) is 8.49. The summed E-state index contributed by atoms with van der Waals surface area (Å²) in [7, 11) is 1.79. The lowest BCUT2D eigenvalue weighted by molar-refractivity contribution is -0.127. The van der Waals surface area contributed by atoms with Crippen molar-refractivity contribution in [1.82, 2.24) is 4.90 Å². The van der Waals surface area contributed by atoms with E-state index in [1.165, 1.54) is 0 Å². The maximum atomic E-state index is 11.8. The molecule has 3 N–H and O–H groups in total. The van der Waals surface area contributed by atoms with E-state index in [9.17, 15) is 4.79 Å². The summed E-state index contributed by atoms with van der Waals surface area (Å²) in [5.41, 5.74) is 7.07. The fraction of sp³-hybridized carbons (Fsp3) is 0.333. The number of hydrogen-bond donors (Lipinski definition) is 2. The zero-order valence-corrected chi connectivity index (χ0v) is 11.5. The Hall–Kier alpha value is -1.33. The molecule has 0 aliphatic carbocycles. The largest absolute Gasteiger partial charge is 0.389 e. The lowest BCUT2D eigenvalue weighted by Crippen LogP contribution is -2.31. The molecule has 1 aromatic rings. The molecule has 1 heterocycles. The first-order valence-electron chi connectivity index (χ1n) is 5.60. The lowest BCUT2D eigenvalue weighted by atomic mass is 10.1. The number of thiocarbonyl (C=S) groups is 1. The summed E-state index contributed by atoms with van der Waals surface area (Å²) >= 11 is 10.9. The summed E-state index contributed by atoms with van der Waals surface area (Å²) in [6.45, 7) is 0.756. The second-order valence-electron chi connectivity index (χ2n) is 4.30. The molecule has 1 atom stereocenters. The van der Waals surface area contributed by atoms with E-state index in [0.717, 1.165) is 18.7 Å². The molecule has 4 nitrogen and oxygen atoms in total. The minimum Gasteiger partial charge on any atom is -0.389 e. The van der Waals surface area contributed by atoms with E-state index < -0.39 is 0 Å². The molecule has 1 aliphatic heterocycles. The molecule has 6 heteroatoms. The Morgan fingerprint density at radius 2 is 2.33 bits per heavy atom. The predicted octanol–water partition coefficient (Wildman–Crippen LogP) is 1.62. The van der Waals surface area contributed by atoms with Crippen LogP contribution in [0, 0.1) is 0 Å². The first-order valence-corrected chi connectivity index (χ1v) is 6.38. The molecule has 1 saturated heterocycles.